The fraction of sp³-hybridized carbons (Fsp3) is 0.294. The van der Waals surface area contributed by atoms with E-state index in [9.17, 15) is 14.7 Å². The van der Waals surface area contributed by atoms with Crippen molar-refractivity contribution in [3.8, 4) is 5.69 Å². The largest absolute Gasteiger partial charge is 0.480 e. The second-order valence-electron chi connectivity index (χ2n) is 5.39. The molecule has 0 aliphatic rings. The first-order chi connectivity index (χ1) is 12.1. The van der Waals surface area contributed by atoms with Gasteiger partial charge in [-0.2, -0.15) is 0 Å². The Bertz CT molecular complexity index is 698. The molecule has 0 spiro atoms. The van der Waals surface area contributed by atoms with Crippen LogP contribution in [0.25, 0.3) is 5.69 Å². The molecule has 0 fully saturated rings. The lowest BCUT2D eigenvalue weighted by molar-refractivity contribution is -0.139. The van der Waals surface area contributed by atoms with E-state index < -0.39 is 17.9 Å². The lowest BCUT2D eigenvalue weighted by Crippen LogP contribution is -2.41. The minimum atomic E-state index is -1.05. The summed E-state index contributed by atoms with van der Waals surface area (Å²) < 4.78 is 1.57. The molecule has 8 nitrogen and oxygen atoms in total. The predicted molar refractivity (Wildman–Crippen MR) is 92.5 cm³/mol. The van der Waals surface area contributed by atoms with Crippen LogP contribution in [-0.2, 0) is 4.79 Å². The molecule has 1 heterocycles. The minimum Gasteiger partial charge on any atom is -0.480 e. The van der Waals surface area contributed by atoms with Crippen molar-refractivity contribution in [3.05, 3.63) is 54.9 Å². The molecular weight excluding hydrogens is 322 g/mol. The van der Waals surface area contributed by atoms with Gasteiger partial charge in [-0.05, 0) is 43.7 Å². The van der Waals surface area contributed by atoms with Crippen LogP contribution in [-0.4, -0.2) is 51.1 Å². The molecule has 0 unspecified atom stereocenters. The molecule has 2 rings (SSSR count). The van der Waals surface area contributed by atoms with Crippen molar-refractivity contribution in [1.82, 2.24) is 25.6 Å². The van der Waals surface area contributed by atoms with Crippen molar-refractivity contribution in [2.45, 2.75) is 18.9 Å². The van der Waals surface area contributed by atoms with Gasteiger partial charge in [0.1, 0.15) is 6.04 Å². The highest BCUT2D eigenvalue weighted by Crippen LogP contribution is 2.09. The van der Waals surface area contributed by atoms with Crippen LogP contribution in [0.4, 0.5) is 0 Å². The summed E-state index contributed by atoms with van der Waals surface area (Å²) in [7, 11) is 0. The highest BCUT2D eigenvalue weighted by Gasteiger charge is 2.20. The summed E-state index contributed by atoms with van der Waals surface area (Å²) in [6.45, 7) is 4.93. The van der Waals surface area contributed by atoms with Crippen molar-refractivity contribution < 1.29 is 14.7 Å². The predicted octanol–water partition coefficient (Wildman–Crippen LogP) is 1.01. The van der Waals surface area contributed by atoms with Gasteiger partial charge < -0.3 is 15.7 Å². The van der Waals surface area contributed by atoms with Gasteiger partial charge in [-0.1, -0.05) is 11.3 Å². The summed E-state index contributed by atoms with van der Waals surface area (Å²) in [6.07, 6.45) is 5.97. The number of rotatable bonds is 10. The summed E-state index contributed by atoms with van der Waals surface area (Å²) >= 11 is 0. The van der Waals surface area contributed by atoms with E-state index in [1.807, 2.05) is 0 Å². The minimum absolute atomic E-state index is 0.349. The molecule has 1 aromatic heterocycles. The molecule has 1 amide bonds. The summed E-state index contributed by atoms with van der Waals surface area (Å²) in [5.74, 6) is -1.46. The fourth-order valence-corrected chi connectivity index (χ4v) is 2.25. The molecule has 8 heteroatoms. The van der Waals surface area contributed by atoms with Crippen LogP contribution >= 0.6 is 0 Å². The number of nitrogens with one attached hydrogen (secondary N) is 2. The first-order valence-corrected chi connectivity index (χ1v) is 7.94. The molecule has 0 saturated carbocycles. The van der Waals surface area contributed by atoms with Crippen LogP contribution in [0.15, 0.2) is 49.3 Å². The molecule has 0 aliphatic heterocycles. The Morgan fingerprint density at radius 2 is 2.08 bits per heavy atom. The zero-order chi connectivity index (χ0) is 18.1. The van der Waals surface area contributed by atoms with Crippen LogP contribution in [0.1, 0.15) is 23.2 Å². The number of aliphatic carboxylic acids is 1. The van der Waals surface area contributed by atoms with E-state index in [1.54, 1.807) is 47.4 Å². The topological polar surface area (TPSA) is 109 Å². The average molecular weight is 343 g/mol. The maximum atomic E-state index is 12.3. The molecule has 1 atom stereocenters. The standard InChI is InChI=1S/C17H21N5O3/c1-2-9-18-10-3-4-15(17(24)25)20-16(23)13-5-7-14(8-6-13)22-12-11-19-21-22/h2,5-8,11-12,15,18H,1,3-4,9-10H2,(H,20,23)(H,24,25)/t15-/m0/s1. The van der Waals surface area contributed by atoms with Gasteiger partial charge in [-0.3, -0.25) is 4.79 Å². The third-order valence-electron chi connectivity index (χ3n) is 3.56. The fourth-order valence-electron chi connectivity index (χ4n) is 2.25. The van der Waals surface area contributed by atoms with Crippen molar-refractivity contribution in [1.29, 1.82) is 0 Å². The molecule has 1 aromatic carbocycles. The van der Waals surface area contributed by atoms with E-state index in [1.165, 1.54) is 0 Å². The van der Waals surface area contributed by atoms with Gasteiger partial charge in [-0.15, -0.1) is 11.7 Å². The van der Waals surface area contributed by atoms with Crippen molar-refractivity contribution >= 4 is 11.9 Å². The average Bonchev–Trinajstić information content (AvgIpc) is 3.15. The number of nitrogens with zero attached hydrogens (tertiary/aromatic N) is 3. The zero-order valence-electron chi connectivity index (χ0n) is 13.8. The lowest BCUT2D eigenvalue weighted by Gasteiger charge is -2.15. The number of carboxylic acid groups (broad SMARTS) is 1. The Balaban J connectivity index is 1.91. The monoisotopic (exact) mass is 343 g/mol. The first kappa shape index (κ1) is 18.3. The lowest BCUT2D eigenvalue weighted by atomic mass is 10.1. The van der Waals surface area contributed by atoms with Crippen LogP contribution in [0.5, 0.6) is 0 Å². The Morgan fingerprint density at radius 3 is 2.68 bits per heavy atom. The number of aromatic nitrogens is 3. The zero-order valence-corrected chi connectivity index (χ0v) is 13.8. The molecule has 2 aromatic rings. The second-order valence-corrected chi connectivity index (χ2v) is 5.39. The van der Waals surface area contributed by atoms with Gasteiger partial charge in [0.05, 0.1) is 18.1 Å². The maximum Gasteiger partial charge on any atom is 0.326 e. The van der Waals surface area contributed by atoms with Crippen molar-refractivity contribution in [2.75, 3.05) is 13.1 Å². The van der Waals surface area contributed by atoms with Gasteiger partial charge in [0.2, 0.25) is 0 Å². The molecule has 0 bridgehead atoms. The maximum absolute atomic E-state index is 12.3. The Morgan fingerprint density at radius 1 is 1.32 bits per heavy atom. The van der Waals surface area contributed by atoms with Gasteiger partial charge in [0, 0.05) is 12.1 Å². The Labute approximate surface area is 145 Å². The van der Waals surface area contributed by atoms with Gasteiger partial charge in [-0.25, -0.2) is 9.48 Å². The van der Waals surface area contributed by atoms with Gasteiger partial charge >= 0.3 is 5.97 Å². The number of carbonyl (C=O) groups is 2. The molecule has 132 valence electrons. The van der Waals surface area contributed by atoms with Gasteiger partial charge in [0.25, 0.3) is 5.91 Å². The Hall–Kier alpha value is -3.00. The molecular formula is C17H21N5O3. The number of carboxylic acids is 1. The molecule has 0 aliphatic carbocycles. The van der Waals surface area contributed by atoms with E-state index in [2.05, 4.69) is 27.5 Å². The smallest absolute Gasteiger partial charge is 0.326 e. The van der Waals surface area contributed by atoms with E-state index in [0.29, 0.717) is 31.5 Å². The third-order valence-corrected chi connectivity index (χ3v) is 3.56. The van der Waals surface area contributed by atoms with Crippen LogP contribution in [0.3, 0.4) is 0 Å². The number of amides is 1. The van der Waals surface area contributed by atoms with Crippen LogP contribution < -0.4 is 10.6 Å². The van der Waals surface area contributed by atoms with E-state index in [4.69, 9.17) is 0 Å². The number of hydrogen-bond donors (Lipinski definition) is 3. The summed E-state index contributed by atoms with van der Waals surface area (Å²) in [5.41, 5.74) is 1.15. The summed E-state index contributed by atoms with van der Waals surface area (Å²) in [4.78, 5) is 23.6. The van der Waals surface area contributed by atoms with Gasteiger partial charge in [0.15, 0.2) is 0 Å². The quantitative estimate of drug-likeness (QED) is 0.439. The van der Waals surface area contributed by atoms with E-state index in [-0.39, 0.29) is 0 Å². The second kappa shape index (κ2) is 9.33. The molecule has 3 N–H and O–H groups in total. The summed E-state index contributed by atoms with van der Waals surface area (Å²) in [6, 6.07) is 5.76. The van der Waals surface area contributed by atoms with Crippen LogP contribution in [0.2, 0.25) is 0 Å². The van der Waals surface area contributed by atoms with Crippen molar-refractivity contribution in [2.24, 2.45) is 0 Å². The third kappa shape index (κ3) is 5.54. The normalized spacial score (nSPS) is 11.7. The highest BCUT2D eigenvalue weighted by molar-refractivity contribution is 5.96. The number of benzene rings is 1. The molecule has 0 radical (unpaired) electrons. The Kier molecular flexibility index (Phi) is 6.85. The van der Waals surface area contributed by atoms with E-state index in [0.717, 1.165) is 5.69 Å². The molecule has 25 heavy (non-hydrogen) atoms. The molecule has 0 saturated heterocycles. The SMILES string of the molecule is C=CCNCCC[C@H](NC(=O)c1ccc(-n2ccnn2)cc1)C(=O)O. The van der Waals surface area contributed by atoms with Crippen LogP contribution in [0, 0.1) is 0 Å². The van der Waals surface area contributed by atoms with Crippen molar-refractivity contribution in [3.63, 3.8) is 0 Å². The number of hydrogen-bond acceptors (Lipinski definition) is 5. The van der Waals surface area contributed by atoms with E-state index >= 15 is 0 Å². The highest BCUT2D eigenvalue weighted by atomic mass is 16.4. The summed E-state index contributed by atoms with van der Waals surface area (Å²) in [5, 5.41) is 22.5. The number of carbonyl (C=O) groups excluding carboxylic acids is 1. The first-order valence-electron chi connectivity index (χ1n) is 7.94.